The summed E-state index contributed by atoms with van der Waals surface area (Å²) in [5.41, 5.74) is 5.62. The topological polar surface area (TPSA) is 30.7 Å². The minimum Gasteiger partial charge on any atom is -1.00 e. The van der Waals surface area contributed by atoms with Crippen LogP contribution in [-0.4, -0.2) is 15.0 Å². The van der Waals surface area contributed by atoms with E-state index in [0.29, 0.717) is 0 Å². The first-order valence-electron chi connectivity index (χ1n) is 8.37. The molecule has 140 valence electrons. The summed E-state index contributed by atoms with van der Waals surface area (Å²) in [7, 11) is 0. The van der Waals surface area contributed by atoms with Crippen molar-refractivity contribution in [2.24, 2.45) is 0 Å². The summed E-state index contributed by atoms with van der Waals surface area (Å²) >= 11 is 0. The van der Waals surface area contributed by atoms with E-state index in [9.17, 15) is 0 Å². The van der Waals surface area contributed by atoms with E-state index in [0.717, 1.165) is 16.7 Å². The molecular formula is C22H19Cl2N3Zr. The summed E-state index contributed by atoms with van der Waals surface area (Å²) < 4.78 is 0. The van der Waals surface area contributed by atoms with Gasteiger partial charge in [-0.15, -0.1) is 51.3 Å². The normalized spacial score (nSPS) is 9.64. The molecule has 28 heavy (non-hydrogen) atoms. The van der Waals surface area contributed by atoms with Gasteiger partial charge in [-0.2, -0.15) is 22.0 Å². The van der Waals surface area contributed by atoms with Crippen molar-refractivity contribution in [2.45, 2.75) is 13.8 Å². The average Bonchev–Trinajstić information content (AvgIpc) is 3.33. The van der Waals surface area contributed by atoms with E-state index in [2.05, 4.69) is 66.5 Å². The van der Waals surface area contributed by atoms with E-state index in [4.69, 9.17) is 0 Å². The summed E-state index contributed by atoms with van der Waals surface area (Å²) in [4.78, 5) is 1.70. The third-order valence-corrected chi connectivity index (χ3v) is 4.43. The Morgan fingerprint density at radius 2 is 1.46 bits per heavy atom. The van der Waals surface area contributed by atoms with Crippen molar-refractivity contribution in [1.82, 2.24) is 15.0 Å². The minimum absolute atomic E-state index is 0. The van der Waals surface area contributed by atoms with Crippen molar-refractivity contribution in [3.63, 3.8) is 0 Å². The first-order chi connectivity index (χ1) is 12.2. The Morgan fingerprint density at radius 3 is 1.96 bits per heavy atom. The molecular weight excluding hydrogens is 468 g/mol. The van der Waals surface area contributed by atoms with Gasteiger partial charge in [0, 0.05) is 0 Å². The SMILES string of the molecule is Cc1ccc[c-]1C.[Cl-].[Cl-].[Zr+4].c1ccc2[cH-]c(-n3nc4ccccc4n3)cc2c1. The van der Waals surface area contributed by atoms with E-state index >= 15 is 0 Å². The Morgan fingerprint density at radius 1 is 0.857 bits per heavy atom. The molecule has 4 aromatic carbocycles. The van der Waals surface area contributed by atoms with Crippen molar-refractivity contribution >= 4 is 21.8 Å². The van der Waals surface area contributed by atoms with E-state index in [1.165, 1.54) is 21.9 Å². The molecule has 0 aliphatic rings. The molecule has 6 heteroatoms. The fourth-order valence-electron chi connectivity index (χ4n) is 2.82. The summed E-state index contributed by atoms with van der Waals surface area (Å²) in [5, 5.41) is 11.4. The van der Waals surface area contributed by atoms with Gasteiger partial charge in [-0.25, -0.2) is 12.1 Å². The molecule has 5 aromatic rings. The maximum atomic E-state index is 4.48. The molecule has 0 bridgehead atoms. The van der Waals surface area contributed by atoms with Crippen molar-refractivity contribution in [3.05, 3.63) is 90.0 Å². The van der Waals surface area contributed by atoms with E-state index in [1.54, 1.807) is 4.80 Å². The molecule has 0 aliphatic carbocycles. The van der Waals surface area contributed by atoms with Crippen molar-refractivity contribution in [1.29, 1.82) is 0 Å². The maximum absolute atomic E-state index is 4.48. The zero-order valence-electron chi connectivity index (χ0n) is 15.6. The van der Waals surface area contributed by atoms with Crippen molar-refractivity contribution in [2.75, 3.05) is 0 Å². The second-order valence-corrected chi connectivity index (χ2v) is 6.21. The van der Waals surface area contributed by atoms with Crippen LogP contribution < -0.4 is 24.8 Å². The van der Waals surface area contributed by atoms with Gasteiger partial charge in [-0.1, -0.05) is 32.0 Å². The molecule has 0 atom stereocenters. The molecule has 0 aliphatic heterocycles. The summed E-state index contributed by atoms with van der Waals surface area (Å²) in [6.45, 7) is 4.24. The molecule has 0 radical (unpaired) electrons. The van der Waals surface area contributed by atoms with Gasteiger partial charge in [0.25, 0.3) is 0 Å². The Hall–Kier alpha value is -1.74. The third kappa shape index (κ3) is 5.20. The predicted octanol–water partition coefficient (Wildman–Crippen LogP) is -0.680. The van der Waals surface area contributed by atoms with Crippen LogP contribution in [0.1, 0.15) is 11.1 Å². The van der Waals surface area contributed by atoms with E-state index in [-0.39, 0.29) is 51.0 Å². The average molecular weight is 488 g/mol. The van der Waals surface area contributed by atoms with Crippen LogP contribution >= 0.6 is 0 Å². The van der Waals surface area contributed by atoms with E-state index < -0.39 is 0 Å². The molecule has 5 rings (SSSR count). The molecule has 0 N–H and O–H groups in total. The van der Waals surface area contributed by atoms with E-state index in [1.807, 2.05) is 36.4 Å². The van der Waals surface area contributed by atoms with Crippen LogP contribution in [0, 0.1) is 13.8 Å². The van der Waals surface area contributed by atoms with Crippen molar-refractivity contribution in [3.8, 4) is 5.69 Å². The van der Waals surface area contributed by atoms with Crippen LogP contribution in [0.15, 0.2) is 78.9 Å². The Kier molecular flexibility index (Phi) is 9.30. The first-order valence-corrected chi connectivity index (χ1v) is 8.37. The molecule has 0 unspecified atom stereocenters. The number of hydrogen-bond donors (Lipinski definition) is 0. The van der Waals surface area contributed by atoms with Crippen LogP contribution in [0.25, 0.3) is 27.5 Å². The van der Waals surface area contributed by atoms with Gasteiger partial charge >= 0.3 is 26.2 Å². The van der Waals surface area contributed by atoms with Gasteiger partial charge in [-0.3, -0.25) is 0 Å². The zero-order chi connectivity index (χ0) is 17.2. The van der Waals surface area contributed by atoms with Crippen LogP contribution in [0.3, 0.4) is 0 Å². The van der Waals surface area contributed by atoms with Crippen LogP contribution in [0.2, 0.25) is 0 Å². The quantitative estimate of drug-likeness (QED) is 0.294. The molecule has 0 saturated heterocycles. The monoisotopic (exact) mass is 485 g/mol. The summed E-state index contributed by atoms with van der Waals surface area (Å²) in [6.07, 6.45) is 0. The molecule has 3 nitrogen and oxygen atoms in total. The third-order valence-electron chi connectivity index (χ3n) is 4.43. The Bertz CT molecular complexity index is 986. The van der Waals surface area contributed by atoms with Gasteiger partial charge < -0.3 is 24.8 Å². The first kappa shape index (κ1) is 24.3. The summed E-state index contributed by atoms with van der Waals surface area (Å²) in [6, 6.07) is 26.7. The van der Waals surface area contributed by atoms with Gasteiger partial charge in [0.1, 0.15) is 11.0 Å². The molecule has 0 amide bonds. The molecule has 1 heterocycles. The van der Waals surface area contributed by atoms with Gasteiger partial charge in [0.15, 0.2) is 0 Å². The van der Waals surface area contributed by atoms with Crippen LogP contribution in [0.4, 0.5) is 0 Å². The number of fused-ring (bicyclic) bond motifs is 2. The summed E-state index contributed by atoms with van der Waals surface area (Å²) in [5.74, 6) is 0. The number of aromatic nitrogens is 3. The number of nitrogens with zero attached hydrogens (tertiary/aromatic N) is 3. The Labute approximate surface area is 196 Å². The number of aryl methyl sites for hydroxylation is 2. The minimum atomic E-state index is 0. The standard InChI is InChI=1S/C15H10N3.C7H9.2ClH.Zr/c1-2-6-12-10-13(9-11(12)5-1)18-16-14-7-3-4-8-15(14)17-18;1-6-4-3-5-7(6)2;;;/h1-10H;3-5H,1-2H3;2*1H;/q2*-1;;;+4/p-2. The number of rotatable bonds is 1. The smallest absolute Gasteiger partial charge is 1.00 e. The van der Waals surface area contributed by atoms with Crippen LogP contribution in [-0.2, 0) is 26.2 Å². The van der Waals surface area contributed by atoms with Crippen LogP contribution in [0.5, 0.6) is 0 Å². The second kappa shape index (κ2) is 10.7. The second-order valence-electron chi connectivity index (χ2n) is 6.21. The Balaban J connectivity index is 0.000000341. The number of benzene rings is 2. The molecule has 0 saturated carbocycles. The fraction of sp³-hybridized carbons (Fsp3) is 0.0909. The van der Waals surface area contributed by atoms with Crippen molar-refractivity contribution < 1.29 is 51.0 Å². The fourth-order valence-corrected chi connectivity index (χ4v) is 2.82. The molecule has 0 fully saturated rings. The maximum Gasteiger partial charge on any atom is 4.00 e. The molecule has 0 spiro atoms. The number of halogens is 2. The zero-order valence-corrected chi connectivity index (χ0v) is 19.6. The van der Waals surface area contributed by atoms with Gasteiger partial charge in [-0.05, 0) is 17.8 Å². The largest absolute Gasteiger partial charge is 4.00 e. The van der Waals surface area contributed by atoms with Gasteiger partial charge in [0.05, 0.1) is 0 Å². The predicted molar refractivity (Wildman–Crippen MR) is 103 cm³/mol. The van der Waals surface area contributed by atoms with Gasteiger partial charge in [0.2, 0.25) is 0 Å². The number of hydrogen-bond acceptors (Lipinski definition) is 2. The molecule has 1 aromatic heterocycles.